The Kier molecular flexibility index (Phi) is 3.94. The van der Waals surface area contributed by atoms with Gasteiger partial charge in [-0.15, -0.1) is 5.10 Å². The third-order valence-corrected chi connectivity index (χ3v) is 5.34. The lowest BCUT2D eigenvalue weighted by atomic mass is 10.1. The molecule has 3 aromatic rings. The lowest BCUT2D eigenvalue weighted by Gasteiger charge is -2.27. The molecule has 0 radical (unpaired) electrons. The number of hydrogen-bond acceptors (Lipinski definition) is 6. The van der Waals surface area contributed by atoms with Crippen molar-refractivity contribution in [1.29, 1.82) is 0 Å². The molecule has 0 aromatic carbocycles. The zero-order valence-corrected chi connectivity index (χ0v) is 15.0. The Morgan fingerprint density at radius 2 is 2.04 bits per heavy atom. The first kappa shape index (κ1) is 15.5. The molecule has 0 amide bonds. The average molecular weight is 358 g/mol. The largest absolute Gasteiger partial charge is 0.350 e. The van der Waals surface area contributed by atoms with Crippen LogP contribution in [-0.2, 0) is 13.0 Å². The molecule has 4 rings (SSSR count). The van der Waals surface area contributed by atoms with Crippen LogP contribution in [0.15, 0.2) is 24.5 Å². The summed E-state index contributed by atoms with van der Waals surface area (Å²) in [5.41, 5.74) is 5.12. The van der Waals surface area contributed by atoms with E-state index in [1.165, 1.54) is 16.4 Å². The van der Waals surface area contributed by atoms with E-state index in [1.54, 1.807) is 6.20 Å². The fourth-order valence-electron chi connectivity index (χ4n) is 3.01. The summed E-state index contributed by atoms with van der Waals surface area (Å²) < 4.78 is 4.04. The van der Waals surface area contributed by atoms with Crippen molar-refractivity contribution in [1.82, 2.24) is 19.6 Å². The molecule has 0 N–H and O–H groups in total. The molecule has 4 heterocycles. The summed E-state index contributed by atoms with van der Waals surface area (Å²) in [6, 6.07) is 4.14. The van der Waals surface area contributed by atoms with Crippen molar-refractivity contribution < 1.29 is 0 Å². The smallest absolute Gasteiger partial charge is 0.129 e. The minimum atomic E-state index is 0.617. The number of rotatable bonds is 2. The number of anilines is 1. The van der Waals surface area contributed by atoms with E-state index in [4.69, 9.17) is 11.6 Å². The van der Waals surface area contributed by atoms with E-state index in [2.05, 4.69) is 37.4 Å². The standard InChI is InChI=1S/C17H16ClN5S/c1-10-5-11(2)17(20-7-10)12-6-16(19-8-13(12)18)23-4-3-15-14(9-23)21-22-24-15/h5-8H,3-4,9H2,1-2H3. The Morgan fingerprint density at radius 3 is 2.88 bits per heavy atom. The van der Waals surface area contributed by atoms with Crippen molar-refractivity contribution in [3.05, 3.63) is 51.2 Å². The minimum Gasteiger partial charge on any atom is -0.350 e. The molecule has 0 unspecified atom stereocenters. The maximum Gasteiger partial charge on any atom is 0.129 e. The highest BCUT2D eigenvalue weighted by atomic mass is 35.5. The van der Waals surface area contributed by atoms with Gasteiger partial charge in [-0.3, -0.25) is 4.98 Å². The van der Waals surface area contributed by atoms with Gasteiger partial charge >= 0.3 is 0 Å². The van der Waals surface area contributed by atoms with E-state index in [0.29, 0.717) is 5.02 Å². The molecule has 0 spiro atoms. The number of hydrogen-bond donors (Lipinski definition) is 0. The first-order valence-corrected chi connectivity index (χ1v) is 8.91. The van der Waals surface area contributed by atoms with Gasteiger partial charge in [0.25, 0.3) is 0 Å². The van der Waals surface area contributed by atoms with Crippen LogP contribution in [0.5, 0.6) is 0 Å². The highest BCUT2D eigenvalue weighted by molar-refractivity contribution is 7.05. The summed E-state index contributed by atoms with van der Waals surface area (Å²) in [6.07, 6.45) is 4.53. The zero-order chi connectivity index (χ0) is 16.7. The van der Waals surface area contributed by atoms with Crippen LogP contribution in [0, 0.1) is 13.8 Å². The van der Waals surface area contributed by atoms with Crippen molar-refractivity contribution in [3.8, 4) is 11.3 Å². The number of aryl methyl sites for hydroxylation is 2. The number of halogens is 1. The van der Waals surface area contributed by atoms with E-state index in [1.807, 2.05) is 19.2 Å². The van der Waals surface area contributed by atoms with Gasteiger partial charge in [-0.2, -0.15) is 0 Å². The number of nitrogens with zero attached hydrogens (tertiary/aromatic N) is 5. The highest BCUT2D eigenvalue weighted by Crippen LogP contribution is 2.32. The predicted molar refractivity (Wildman–Crippen MR) is 96.6 cm³/mol. The first-order chi connectivity index (χ1) is 11.6. The van der Waals surface area contributed by atoms with Gasteiger partial charge in [-0.25, -0.2) is 4.98 Å². The number of pyridine rings is 2. The Hall–Kier alpha value is -2.05. The molecule has 5 nitrogen and oxygen atoms in total. The van der Waals surface area contributed by atoms with Gasteiger partial charge < -0.3 is 4.90 Å². The molecule has 0 bridgehead atoms. The lowest BCUT2D eigenvalue weighted by molar-refractivity contribution is 0.710. The second-order valence-electron chi connectivity index (χ2n) is 6.01. The summed E-state index contributed by atoms with van der Waals surface area (Å²) >= 11 is 7.89. The predicted octanol–water partition coefficient (Wildman–Crippen LogP) is 3.83. The topological polar surface area (TPSA) is 54.8 Å². The fraction of sp³-hybridized carbons (Fsp3) is 0.294. The molecule has 0 saturated carbocycles. The van der Waals surface area contributed by atoms with Crippen LogP contribution in [0.2, 0.25) is 5.02 Å². The van der Waals surface area contributed by atoms with E-state index in [9.17, 15) is 0 Å². The van der Waals surface area contributed by atoms with Crippen molar-refractivity contribution >= 4 is 29.0 Å². The maximum atomic E-state index is 6.40. The van der Waals surface area contributed by atoms with Gasteiger partial charge in [-0.05, 0) is 42.6 Å². The zero-order valence-electron chi connectivity index (χ0n) is 13.5. The van der Waals surface area contributed by atoms with Crippen LogP contribution in [0.4, 0.5) is 5.82 Å². The Labute approximate surface area is 149 Å². The summed E-state index contributed by atoms with van der Waals surface area (Å²) in [5.74, 6) is 0.898. The van der Waals surface area contributed by atoms with E-state index in [0.717, 1.165) is 53.4 Å². The second kappa shape index (κ2) is 6.11. The van der Waals surface area contributed by atoms with Crippen molar-refractivity contribution in [2.75, 3.05) is 11.4 Å². The third kappa shape index (κ3) is 2.76. The molecule has 1 aliphatic rings. The van der Waals surface area contributed by atoms with Gasteiger partial charge in [-0.1, -0.05) is 22.2 Å². The molecule has 122 valence electrons. The van der Waals surface area contributed by atoms with Crippen LogP contribution in [0.3, 0.4) is 0 Å². The van der Waals surface area contributed by atoms with Gasteiger partial charge in [0.1, 0.15) is 5.82 Å². The van der Waals surface area contributed by atoms with Crippen LogP contribution in [-0.4, -0.2) is 26.1 Å². The molecule has 7 heteroatoms. The van der Waals surface area contributed by atoms with E-state index < -0.39 is 0 Å². The molecule has 0 aliphatic carbocycles. The summed E-state index contributed by atoms with van der Waals surface area (Å²) in [5, 5.41) is 4.83. The molecule has 0 atom stereocenters. The van der Waals surface area contributed by atoms with Crippen LogP contribution >= 0.6 is 23.1 Å². The summed E-state index contributed by atoms with van der Waals surface area (Å²) in [6.45, 7) is 5.74. The third-order valence-electron chi connectivity index (χ3n) is 4.22. The summed E-state index contributed by atoms with van der Waals surface area (Å²) in [7, 11) is 0. The molecule has 24 heavy (non-hydrogen) atoms. The normalized spacial score (nSPS) is 13.9. The molecular formula is C17H16ClN5S. The highest BCUT2D eigenvalue weighted by Gasteiger charge is 2.22. The van der Waals surface area contributed by atoms with Crippen LogP contribution in [0.25, 0.3) is 11.3 Å². The monoisotopic (exact) mass is 357 g/mol. The fourth-order valence-corrected chi connectivity index (χ4v) is 3.83. The average Bonchev–Trinajstić information content (AvgIpc) is 3.03. The lowest BCUT2D eigenvalue weighted by Crippen LogP contribution is -2.30. The van der Waals surface area contributed by atoms with Crippen molar-refractivity contribution in [3.63, 3.8) is 0 Å². The molecule has 0 saturated heterocycles. The molecule has 3 aromatic heterocycles. The minimum absolute atomic E-state index is 0.617. The van der Waals surface area contributed by atoms with E-state index >= 15 is 0 Å². The summed E-state index contributed by atoms with van der Waals surface area (Å²) in [4.78, 5) is 12.6. The van der Waals surface area contributed by atoms with Gasteiger partial charge in [0.2, 0.25) is 0 Å². The Balaban J connectivity index is 1.72. The molecule has 1 aliphatic heterocycles. The number of aromatic nitrogens is 4. The second-order valence-corrected chi connectivity index (χ2v) is 7.26. The number of fused-ring (bicyclic) bond motifs is 1. The van der Waals surface area contributed by atoms with Gasteiger partial charge in [0.15, 0.2) is 0 Å². The van der Waals surface area contributed by atoms with Crippen LogP contribution in [0.1, 0.15) is 21.7 Å². The SMILES string of the molecule is Cc1cnc(-c2cc(N3CCc4snnc4C3)ncc2Cl)c(C)c1. The Morgan fingerprint density at radius 1 is 1.17 bits per heavy atom. The van der Waals surface area contributed by atoms with Gasteiger partial charge in [0, 0.05) is 30.9 Å². The molecule has 0 fully saturated rings. The maximum absolute atomic E-state index is 6.40. The Bertz CT molecular complexity index is 908. The van der Waals surface area contributed by atoms with Crippen molar-refractivity contribution in [2.24, 2.45) is 0 Å². The van der Waals surface area contributed by atoms with E-state index in [-0.39, 0.29) is 0 Å². The first-order valence-electron chi connectivity index (χ1n) is 7.76. The van der Waals surface area contributed by atoms with Crippen LogP contribution < -0.4 is 4.90 Å². The van der Waals surface area contributed by atoms with Gasteiger partial charge in [0.05, 0.1) is 27.8 Å². The quantitative estimate of drug-likeness (QED) is 0.697. The molecular weight excluding hydrogens is 342 g/mol. The van der Waals surface area contributed by atoms with Crippen molar-refractivity contribution in [2.45, 2.75) is 26.8 Å².